The summed E-state index contributed by atoms with van der Waals surface area (Å²) in [5, 5.41) is 23.6. The van der Waals surface area contributed by atoms with E-state index in [1.54, 1.807) is 0 Å². The molecule has 0 bridgehead atoms. The van der Waals surface area contributed by atoms with Gasteiger partial charge in [-0.05, 0) is 68.1 Å². The first kappa shape index (κ1) is 20.0. The Labute approximate surface area is 195 Å². The fourth-order valence-electron chi connectivity index (χ4n) is 4.99. The van der Waals surface area contributed by atoms with Gasteiger partial charge in [-0.1, -0.05) is 23.7 Å². The Bertz CT molecular complexity index is 1540. The van der Waals surface area contributed by atoms with Crippen molar-refractivity contribution in [3.05, 3.63) is 71.1 Å². The van der Waals surface area contributed by atoms with Crippen LogP contribution in [0.2, 0.25) is 5.02 Å². The van der Waals surface area contributed by atoms with Gasteiger partial charge in [0, 0.05) is 17.8 Å². The van der Waals surface area contributed by atoms with E-state index in [9.17, 15) is 5.26 Å². The molecule has 0 N–H and O–H groups in total. The van der Waals surface area contributed by atoms with Crippen molar-refractivity contribution in [2.45, 2.75) is 44.7 Å². The topological polar surface area (TPSA) is 76.7 Å². The minimum absolute atomic E-state index is 0.172. The van der Waals surface area contributed by atoms with Crippen molar-refractivity contribution in [1.82, 2.24) is 28.9 Å². The smallest absolute Gasteiger partial charge is 0.161 e. The van der Waals surface area contributed by atoms with Crippen molar-refractivity contribution in [1.29, 1.82) is 5.26 Å². The van der Waals surface area contributed by atoms with Gasteiger partial charge in [0.25, 0.3) is 0 Å². The van der Waals surface area contributed by atoms with E-state index < -0.39 is 0 Å². The first-order chi connectivity index (χ1) is 16.1. The third-order valence-corrected chi connectivity index (χ3v) is 7.09. The molecule has 5 aromatic rings. The first-order valence-corrected chi connectivity index (χ1v) is 11.5. The van der Waals surface area contributed by atoms with Crippen molar-refractivity contribution < 1.29 is 0 Å². The molecule has 0 unspecified atom stereocenters. The van der Waals surface area contributed by atoms with Crippen LogP contribution in [-0.2, 0) is 12.1 Å². The number of nitrogens with zero attached hydrogens (tertiary/aromatic N) is 7. The monoisotopic (exact) mass is 455 g/mol. The molecular formula is C25H22ClN7. The van der Waals surface area contributed by atoms with Crippen LogP contribution in [0.25, 0.3) is 28.1 Å². The van der Waals surface area contributed by atoms with Crippen LogP contribution in [-0.4, -0.2) is 28.9 Å². The van der Waals surface area contributed by atoms with Crippen molar-refractivity contribution in [2.75, 3.05) is 0 Å². The van der Waals surface area contributed by atoms with Crippen molar-refractivity contribution in [2.24, 2.45) is 0 Å². The van der Waals surface area contributed by atoms with Crippen molar-refractivity contribution in [3.8, 4) is 17.5 Å². The number of aryl methyl sites for hydroxylation is 1. The van der Waals surface area contributed by atoms with Gasteiger partial charge in [0.05, 0.1) is 34.8 Å². The van der Waals surface area contributed by atoms with Gasteiger partial charge in [-0.3, -0.25) is 9.08 Å². The van der Waals surface area contributed by atoms with Crippen LogP contribution in [0.3, 0.4) is 0 Å². The molecule has 0 aliphatic heterocycles. The highest BCUT2D eigenvalue weighted by Gasteiger charge is 2.39. The minimum atomic E-state index is -0.172. The van der Waals surface area contributed by atoms with Gasteiger partial charge < -0.3 is 4.57 Å². The standard InChI is InChI=1S/C25H22ClN7/c1-17-28-29-24-7-6-21-23(33(17)24)15-22(31(21)16-18-4-2-5-19(26)14-18)20-8-13-32(30-20)25(11-12-27)9-3-10-25/h2,4-8,13-15H,3,9-11,16H2,1H3. The van der Waals surface area contributed by atoms with E-state index in [0.717, 1.165) is 63.7 Å². The van der Waals surface area contributed by atoms with Crippen LogP contribution in [0.1, 0.15) is 37.1 Å². The van der Waals surface area contributed by atoms with E-state index in [1.165, 1.54) is 0 Å². The van der Waals surface area contributed by atoms with Crippen LogP contribution in [0.4, 0.5) is 0 Å². The molecule has 4 aromatic heterocycles. The fraction of sp³-hybridized carbons (Fsp3) is 0.280. The quantitative estimate of drug-likeness (QED) is 0.358. The van der Waals surface area contributed by atoms with Gasteiger partial charge in [0.2, 0.25) is 0 Å². The number of aromatic nitrogens is 6. The molecule has 0 spiro atoms. The van der Waals surface area contributed by atoms with Crippen molar-refractivity contribution >= 4 is 28.3 Å². The Balaban J connectivity index is 1.54. The fourth-order valence-corrected chi connectivity index (χ4v) is 5.20. The number of hydrogen-bond acceptors (Lipinski definition) is 4. The molecule has 1 aromatic carbocycles. The molecule has 6 rings (SSSR count). The van der Waals surface area contributed by atoms with Crippen LogP contribution < -0.4 is 0 Å². The van der Waals surface area contributed by atoms with Gasteiger partial charge in [0.1, 0.15) is 11.5 Å². The zero-order valence-corrected chi connectivity index (χ0v) is 19.0. The normalized spacial score (nSPS) is 15.1. The van der Waals surface area contributed by atoms with E-state index >= 15 is 0 Å². The lowest BCUT2D eigenvalue weighted by molar-refractivity contribution is 0.130. The SMILES string of the molecule is Cc1nnc2ccc3c(cc(-c4ccn(C5(CC#N)CCC5)n4)n3Cc3cccc(Cl)c3)n12. The lowest BCUT2D eigenvalue weighted by Crippen LogP contribution is -2.40. The number of rotatable bonds is 5. The minimum Gasteiger partial charge on any atom is -0.333 e. The zero-order chi connectivity index (χ0) is 22.6. The Morgan fingerprint density at radius 3 is 2.73 bits per heavy atom. The van der Waals surface area contributed by atoms with Crippen LogP contribution in [0.5, 0.6) is 0 Å². The molecule has 1 aliphatic rings. The summed E-state index contributed by atoms with van der Waals surface area (Å²) < 4.78 is 6.35. The Morgan fingerprint density at radius 2 is 1.97 bits per heavy atom. The molecule has 0 amide bonds. The maximum atomic E-state index is 9.36. The third kappa shape index (κ3) is 3.13. The van der Waals surface area contributed by atoms with Crippen molar-refractivity contribution in [3.63, 3.8) is 0 Å². The van der Waals surface area contributed by atoms with E-state index in [0.29, 0.717) is 13.0 Å². The Kier molecular flexibility index (Phi) is 4.52. The average molecular weight is 456 g/mol. The Morgan fingerprint density at radius 1 is 1.09 bits per heavy atom. The van der Waals surface area contributed by atoms with Crippen LogP contribution >= 0.6 is 11.6 Å². The predicted octanol–water partition coefficient (Wildman–Crippen LogP) is 5.35. The second-order valence-electron chi connectivity index (χ2n) is 8.85. The number of nitriles is 1. The highest BCUT2D eigenvalue weighted by molar-refractivity contribution is 6.30. The van der Waals surface area contributed by atoms with Gasteiger partial charge in [-0.2, -0.15) is 10.4 Å². The summed E-state index contributed by atoms with van der Waals surface area (Å²) in [6.07, 6.45) is 5.63. The number of pyridine rings is 1. The lowest BCUT2D eigenvalue weighted by atomic mass is 9.75. The molecule has 1 aliphatic carbocycles. The second kappa shape index (κ2) is 7.46. The number of fused-ring (bicyclic) bond motifs is 3. The molecule has 33 heavy (non-hydrogen) atoms. The first-order valence-electron chi connectivity index (χ1n) is 11.1. The number of hydrogen-bond donors (Lipinski definition) is 0. The molecule has 1 saturated carbocycles. The molecule has 8 heteroatoms. The molecule has 0 atom stereocenters. The molecule has 0 saturated heterocycles. The Hall–Kier alpha value is -3.63. The average Bonchev–Trinajstić information content (AvgIpc) is 3.49. The lowest BCUT2D eigenvalue weighted by Gasteiger charge is -2.40. The largest absolute Gasteiger partial charge is 0.333 e. The van der Waals surface area contributed by atoms with Gasteiger partial charge in [-0.15, -0.1) is 10.2 Å². The summed E-state index contributed by atoms with van der Waals surface area (Å²) in [6, 6.07) is 18.6. The highest BCUT2D eigenvalue weighted by atomic mass is 35.5. The van der Waals surface area contributed by atoms with E-state index in [4.69, 9.17) is 16.7 Å². The van der Waals surface area contributed by atoms with Crippen LogP contribution in [0, 0.1) is 18.3 Å². The molecule has 164 valence electrons. The van der Waals surface area contributed by atoms with Gasteiger partial charge in [-0.25, -0.2) is 0 Å². The molecular weight excluding hydrogens is 434 g/mol. The van der Waals surface area contributed by atoms with E-state index in [1.807, 2.05) is 42.1 Å². The summed E-state index contributed by atoms with van der Waals surface area (Å²) in [4.78, 5) is 0. The summed E-state index contributed by atoms with van der Waals surface area (Å²) in [5.41, 5.74) is 5.77. The van der Waals surface area contributed by atoms with E-state index in [-0.39, 0.29) is 5.54 Å². The number of benzene rings is 1. The summed E-state index contributed by atoms with van der Waals surface area (Å²) in [7, 11) is 0. The molecule has 0 radical (unpaired) electrons. The second-order valence-corrected chi connectivity index (χ2v) is 9.29. The molecule has 7 nitrogen and oxygen atoms in total. The number of halogens is 1. The maximum absolute atomic E-state index is 9.36. The summed E-state index contributed by atoms with van der Waals surface area (Å²) in [5.74, 6) is 0.843. The predicted molar refractivity (Wildman–Crippen MR) is 127 cm³/mol. The molecule has 1 fully saturated rings. The highest BCUT2D eigenvalue weighted by Crippen LogP contribution is 2.42. The third-order valence-electron chi connectivity index (χ3n) is 6.86. The zero-order valence-electron chi connectivity index (χ0n) is 18.2. The summed E-state index contributed by atoms with van der Waals surface area (Å²) >= 11 is 6.28. The summed E-state index contributed by atoms with van der Waals surface area (Å²) in [6.45, 7) is 2.62. The van der Waals surface area contributed by atoms with E-state index in [2.05, 4.69) is 49.5 Å². The van der Waals surface area contributed by atoms with Gasteiger partial charge >= 0.3 is 0 Å². The maximum Gasteiger partial charge on any atom is 0.161 e. The molecule has 4 heterocycles. The van der Waals surface area contributed by atoms with Crippen LogP contribution in [0.15, 0.2) is 54.7 Å². The van der Waals surface area contributed by atoms with Gasteiger partial charge in [0.15, 0.2) is 5.65 Å².